The molecule has 13 heavy (non-hydrogen) atoms. The molecule has 0 saturated carbocycles. The standard InChI is InChI=1S/C11H12N2/c1-8-3-5-10-11(6-4-8)13-9(2)7-12-10/h3-8H,1-2H3. The van der Waals surface area contributed by atoms with E-state index in [2.05, 4.69) is 29.0 Å². The summed E-state index contributed by atoms with van der Waals surface area (Å²) in [6.07, 6.45) is 10.1. The zero-order valence-electron chi connectivity index (χ0n) is 7.86. The summed E-state index contributed by atoms with van der Waals surface area (Å²) in [6, 6.07) is 0. The Bertz CT molecular complexity index is 378. The van der Waals surface area contributed by atoms with Crippen LogP contribution in [-0.4, -0.2) is 9.97 Å². The monoisotopic (exact) mass is 172 g/mol. The lowest BCUT2D eigenvalue weighted by Crippen LogP contribution is -1.92. The van der Waals surface area contributed by atoms with Gasteiger partial charge in [0.05, 0.1) is 17.1 Å². The molecule has 0 bridgehead atoms. The number of allylic oxidation sites excluding steroid dienone is 2. The first-order chi connectivity index (χ1) is 6.25. The maximum Gasteiger partial charge on any atom is 0.0886 e. The second-order valence-electron chi connectivity index (χ2n) is 3.36. The fourth-order valence-electron chi connectivity index (χ4n) is 1.31. The quantitative estimate of drug-likeness (QED) is 0.600. The lowest BCUT2D eigenvalue weighted by Gasteiger charge is -1.98. The lowest BCUT2D eigenvalue weighted by atomic mass is 10.2. The van der Waals surface area contributed by atoms with E-state index < -0.39 is 0 Å². The Hall–Kier alpha value is -1.44. The Morgan fingerprint density at radius 3 is 2.62 bits per heavy atom. The highest BCUT2D eigenvalue weighted by molar-refractivity contribution is 5.62. The van der Waals surface area contributed by atoms with E-state index in [-0.39, 0.29) is 0 Å². The van der Waals surface area contributed by atoms with Crippen molar-refractivity contribution >= 4 is 12.2 Å². The minimum absolute atomic E-state index is 0.469. The Balaban J connectivity index is 2.53. The van der Waals surface area contributed by atoms with Crippen LogP contribution in [-0.2, 0) is 0 Å². The van der Waals surface area contributed by atoms with Crippen molar-refractivity contribution in [1.82, 2.24) is 9.97 Å². The van der Waals surface area contributed by atoms with Crippen molar-refractivity contribution in [2.75, 3.05) is 0 Å². The molecule has 0 radical (unpaired) electrons. The summed E-state index contributed by atoms with van der Waals surface area (Å²) in [7, 11) is 0. The zero-order valence-corrected chi connectivity index (χ0v) is 7.86. The van der Waals surface area contributed by atoms with Gasteiger partial charge in [-0.2, -0.15) is 0 Å². The number of hydrogen-bond acceptors (Lipinski definition) is 2. The fourth-order valence-corrected chi connectivity index (χ4v) is 1.31. The fraction of sp³-hybridized carbons (Fsp3) is 0.273. The van der Waals surface area contributed by atoms with Gasteiger partial charge in [-0.25, -0.2) is 4.98 Å². The first kappa shape index (κ1) is 8.17. The molecule has 2 nitrogen and oxygen atoms in total. The molecular formula is C11H12N2. The van der Waals surface area contributed by atoms with Crippen molar-refractivity contribution in [3.63, 3.8) is 0 Å². The SMILES string of the molecule is Cc1cnc2c(n1)C=CC(C)C=C2. The molecule has 1 atom stereocenters. The largest absolute Gasteiger partial charge is 0.253 e. The third-order valence-corrected chi connectivity index (χ3v) is 2.07. The maximum atomic E-state index is 4.41. The topological polar surface area (TPSA) is 25.8 Å². The van der Waals surface area contributed by atoms with Gasteiger partial charge in [-0.05, 0) is 25.0 Å². The Labute approximate surface area is 78.0 Å². The van der Waals surface area contributed by atoms with Crippen molar-refractivity contribution in [2.45, 2.75) is 13.8 Å². The molecule has 0 aromatic carbocycles. The Kier molecular flexibility index (Phi) is 1.97. The van der Waals surface area contributed by atoms with Crippen LogP contribution in [0.2, 0.25) is 0 Å². The molecule has 0 aliphatic heterocycles. The first-order valence-corrected chi connectivity index (χ1v) is 4.46. The normalized spacial score (nSPS) is 19.7. The second kappa shape index (κ2) is 3.13. The van der Waals surface area contributed by atoms with Crippen LogP contribution in [0.15, 0.2) is 18.3 Å². The molecular weight excluding hydrogens is 160 g/mol. The maximum absolute atomic E-state index is 4.41. The predicted octanol–water partition coefficient (Wildman–Crippen LogP) is 2.46. The molecule has 1 heterocycles. The van der Waals surface area contributed by atoms with E-state index in [1.54, 1.807) is 6.20 Å². The van der Waals surface area contributed by atoms with Gasteiger partial charge in [0.25, 0.3) is 0 Å². The number of aryl methyl sites for hydroxylation is 1. The van der Waals surface area contributed by atoms with E-state index in [9.17, 15) is 0 Å². The Morgan fingerprint density at radius 1 is 1.15 bits per heavy atom. The van der Waals surface area contributed by atoms with Gasteiger partial charge in [0.2, 0.25) is 0 Å². The van der Waals surface area contributed by atoms with Gasteiger partial charge in [0, 0.05) is 6.20 Å². The number of fused-ring (bicyclic) bond motifs is 1. The van der Waals surface area contributed by atoms with Crippen molar-refractivity contribution in [3.05, 3.63) is 35.4 Å². The van der Waals surface area contributed by atoms with Crippen molar-refractivity contribution in [2.24, 2.45) is 5.92 Å². The molecule has 1 aliphatic rings. The van der Waals surface area contributed by atoms with E-state index in [1.807, 2.05) is 19.1 Å². The van der Waals surface area contributed by atoms with E-state index in [0.29, 0.717) is 5.92 Å². The van der Waals surface area contributed by atoms with Gasteiger partial charge in [0.15, 0.2) is 0 Å². The van der Waals surface area contributed by atoms with Gasteiger partial charge in [-0.15, -0.1) is 0 Å². The van der Waals surface area contributed by atoms with Crippen LogP contribution >= 0.6 is 0 Å². The van der Waals surface area contributed by atoms with Crippen LogP contribution in [0.1, 0.15) is 24.0 Å². The zero-order chi connectivity index (χ0) is 9.26. The highest BCUT2D eigenvalue weighted by atomic mass is 14.8. The van der Waals surface area contributed by atoms with E-state index >= 15 is 0 Å². The van der Waals surface area contributed by atoms with Gasteiger partial charge in [-0.1, -0.05) is 19.1 Å². The minimum Gasteiger partial charge on any atom is -0.253 e. The van der Waals surface area contributed by atoms with Crippen LogP contribution in [0.3, 0.4) is 0 Å². The molecule has 2 heteroatoms. The van der Waals surface area contributed by atoms with Crippen LogP contribution < -0.4 is 0 Å². The molecule has 0 N–H and O–H groups in total. The van der Waals surface area contributed by atoms with Crippen molar-refractivity contribution < 1.29 is 0 Å². The number of nitrogens with zero attached hydrogens (tertiary/aromatic N) is 2. The average molecular weight is 172 g/mol. The Morgan fingerprint density at radius 2 is 1.85 bits per heavy atom. The summed E-state index contributed by atoms with van der Waals surface area (Å²) >= 11 is 0. The molecule has 1 aliphatic carbocycles. The molecule has 0 spiro atoms. The second-order valence-corrected chi connectivity index (χ2v) is 3.36. The van der Waals surface area contributed by atoms with Gasteiger partial charge < -0.3 is 0 Å². The average Bonchev–Trinajstić information content (AvgIpc) is 2.29. The van der Waals surface area contributed by atoms with E-state index in [0.717, 1.165) is 17.1 Å². The molecule has 0 amide bonds. The van der Waals surface area contributed by atoms with Gasteiger partial charge >= 0.3 is 0 Å². The van der Waals surface area contributed by atoms with Crippen LogP contribution in [0, 0.1) is 12.8 Å². The highest BCUT2D eigenvalue weighted by Crippen LogP contribution is 2.15. The lowest BCUT2D eigenvalue weighted by molar-refractivity contribution is 0.953. The number of rotatable bonds is 0. The molecule has 66 valence electrons. The predicted molar refractivity (Wildman–Crippen MR) is 54.0 cm³/mol. The number of aromatic nitrogens is 2. The van der Waals surface area contributed by atoms with Gasteiger partial charge in [-0.3, -0.25) is 4.98 Å². The molecule has 1 unspecified atom stereocenters. The van der Waals surface area contributed by atoms with Crippen LogP contribution in [0.25, 0.3) is 12.2 Å². The summed E-state index contributed by atoms with van der Waals surface area (Å²) in [5.74, 6) is 0.469. The van der Waals surface area contributed by atoms with E-state index in [4.69, 9.17) is 0 Å². The highest BCUT2D eigenvalue weighted by Gasteiger charge is 2.04. The van der Waals surface area contributed by atoms with Crippen LogP contribution in [0.4, 0.5) is 0 Å². The van der Waals surface area contributed by atoms with E-state index in [1.165, 1.54) is 0 Å². The van der Waals surface area contributed by atoms with Crippen molar-refractivity contribution in [1.29, 1.82) is 0 Å². The third kappa shape index (κ3) is 1.66. The molecule has 0 fully saturated rings. The molecule has 0 saturated heterocycles. The summed E-state index contributed by atoms with van der Waals surface area (Å²) < 4.78 is 0. The molecule has 1 aromatic heterocycles. The number of hydrogen-bond donors (Lipinski definition) is 0. The molecule has 1 aromatic rings. The summed E-state index contributed by atoms with van der Waals surface area (Å²) in [4.78, 5) is 8.72. The molecule has 2 rings (SSSR count). The smallest absolute Gasteiger partial charge is 0.0886 e. The first-order valence-electron chi connectivity index (χ1n) is 4.46. The van der Waals surface area contributed by atoms with Crippen LogP contribution in [0.5, 0.6) is 0 Å². The summed E-state index contributed by atoms with van der Waals surface area (Å²) in [6.45, 7) is 4.10. The third-order valence-electron chi connectivity index (χ3n) is 2.07. The van der Waals surface area contributed by atoms with Crippen molar-refractivity contribution in [3.8, 4) is 0 Å². The van der Waals surface area contributed by atoms with Gasteiger partial charge in [0.1, 0.15) is 0 Å². The summed E-state index contributed by atoms with van der Waals surface area (Å²) in [5.41, 5.74) is 2.90. The minimum atomic E-state index is 0.469. The summed E-state index contributed by atoms with van der Waals surface area (Å²) in [5, 5.41) is 0.